The van der Waals surface area contributed by atoms with E-state index in [9.17, 15) is 4.79 Å². The van der Waals surface area contributed by atoms with Gasteiger partial charge < -0.3 is 4.90 Å². The zero-order valence-corrected chi connectivity index (χ0v) is 13.0. The van der Waals surface area contributed by atoms with Crippen LogP contribution in [-0.2, 0) is 6.42 Å². The first kappa shape index (κ1) is 13.0. The van der Waals surface area contributed by atoms with Crippen molar-refractivity contribution in [1.29, 1.82) is 0 Å². The van der Waals surface area contributed by atoms with Crippen molar-refractivity contribution in [2.24, 2.45) is 0 Å². The standard InChI is InChI=1S/C16H17N3OS/c1-9-5-6-21-15(9)16(20)19-11-3-4-14(19)12-8-17-10(2)18-13(12)7-11/h5-6,8,11,14H,3-4,7H2,1-2H3/t11-,14+/m0/s1. The minimum Gasteiger partial charge on any atom is -0.327 e. The smallest absolute Gasteiger partial charge is 0.264 e. The molecule has 0 saturated carbocycles. The molecule has 2 aliphatic heterocycles. The summed E-state index contributed by atoms with van der Waals surface area (Å²) in [5, 5.41) is 1.99. The second-order valence-electron chi connectivity index (χ2n) is 5.92. The number of hydrogen-bond donors (Lipinski definition) is 0. The van der Waals surface area contributed by atoms with Crippen molar-refractivity contribution >= 4 is 17.2 Å². The molecule has 1 saturated heterocycles. The van der Waals surface area contributed by atoms with Gasteiger partial charge >= 0.3 is 0 Å². The van der Waals surface area contributed by atoms with Crippen molar-refractivity contribution < 1.29 is 4.79 Å². The predicted octanol–water partition coefficient (Wildman–Crippen LogP) is 3.06. The first-order valence-electron chi connectivity index (χ1n) is 7.34. The highest BCUT2D eigenvalue weighted by Crippen LogP contribution is 2.44. The van der Waals surface area contributed by atoms with E-state index in [4.69, 9.17) is 0 Å². The van der Waals surface area contributed by atoms with Gasteiger partial charge in [-0.05, 0) is 43.7 Å². The molecule has 4 heterocycles. The summed E-state index contributed by atoms with van der Waals surface area (Å²) in [7, 11) is 0. The van der Waals surface area contributed by atoms with Crippen LogP contribution in [0.1, 0.15) is 51.2 Å². The van der Waals surface area contributed by atoms with Gasteiger partial charge in [0.05, 0.1) is 16.6 Å². The maximum Gasteiger partial charge on any atom is 0.264 e. The third kappa shape index (κ3) is 1.91. The first-order valence-corrected chi connectivity index (χ1v) is 8.22. The lowest BCUT2D eigenvalue weighted by atomic mass is 9.98. The minimum absolute atomic E-state index is 0.161. The van der Waals surface area contributed by atoms with Gasteiger partial charge in [-0.15, -0.1) is 11.3 Å². The van der Waals surface area contributed by atoms with Crippen LogP contribution in [0.5, 0.6) is 0 Å². The van der Waals surface area contributed by atoms with Gasteiger partial charge in [-0.25, -0.2) is 9.97 Å². The van der Waals surface area contributed by atoms with Crippen molar-refractivity contribution in [3.63, 3.8) is 0 Å². The molecule has 0 aromatic carbocycles. The molecule has 2 aromatic rings. The maximum atomic E-state index is 12.9. The largest absolute Gasteiger partial charge is 0.327 e. The molecule has 1 amide bonds. The Morgan fingerprint density at radius 1 is 1.38 bits per heavy atom. The van der Waals surface area contributed by atoms with E-state index in [0.29, 0.717) is 6.04 Å². The Kier molecular flexibility index (Phi) is 2.85. The van der Waals surface area contributed by atoms with Crippen molar-refractivity contribution in [2.75, 3.05) is 0 Å². The number of thiophene rings is 1. The van der Waals surface area contributed by atoms with Crippen molar-refractivity contribution in [1.82, 2.24) is 14.9 Å². The molecule has 2 bridgehead atoms. The van der Waals surface area contributed by atoms with Gasteiger partial charge in [-0.3, -0.25) is 4.79 Å². The van der Waals surface area contributed by atoms with Gasteiger partial charge in [0.2, 0.25) is 0 Å². The zero-order chi connectivity index (χ0) is 14.6. The third-order valence-electron chi connectivity index (χ3n) is 4.60. The quantitative estimate of drug-likeness (QED) is 0.813. The van der Waals surface area contributed by atoms with Gasteiger partial charge in [-0.2, -0.15) is 0 Å². The van der Waals surface area contributed by atoms with Gasteiger partial charge in [0.15, 0.2) is 0 Å². The lowest BCUT2D eigenvalue weighted by Crippen LogP contribution is -2.42. The molecule has 5 heteroatoms. The van der Waals surface area contributed by atoms with E-state index in [1.54, 1.807) is 11.3 Å². The summed E-state index contributed by atoms with van der Waals surface area (Å²) < 4.78 is 0. The molecular weight excluding hydrogens is 282 g/mol. The fourth-order valence-electron chi connectivity index (χ4n) is 3.60. The highest BCUT2D eigenvalue weighted by Gasteiger charge is 2.44. The van der Waals surface area contributed by atoms with Crippen molar-refractivity contribution in [3.05, 3.63) is 45.2 Å². The normalized spacial score (nSPS) is 23.2. The SMILES string of the molecule is Cc1ncc2c(n1)C[C@@H]1CC[C@H]2N1C(=O)c1sccc1C. The van der Waals surface area contributed by atoms with Crippen LogP contribution in [0.2, 0.25) is 0 Å². The van der Waals surface area contributed by atoms with E-state index >= 15 is 0 Å². The molecule has 0 N–H and O–H groups in total. The second kappa shape index (κ2) is 4.63. The molecule has 21 heavy (non-hydrogen) atoms. The Labute approximate surface area is 127 Å². The Balaban J connectivity index is 1.74. The molecule has 4 rings (SSSR count). The number of carbonyl (C=O) groups is 1. The predicted molar refractivity (Wildman–Crippen MR) is 81.5 cm³/mol. The highest BCUT2D eigenvalue weighted by molar-refractivity contribution is 7.12. The first-order chi connectivity index (χ1) is 10.1. The Morgan fingerprint density at radius 2 is 2.24 bits per heavy atom. The number of carbonyl (C=O) groups excluding carboxylic acids is 1. The summed E-state index contributed by atoms with van der Waals surface area (Å²) >= 11 is 1.54. The number of fused-ring (bicyclic) bond motifs is 4. The lowest BCUT2D eigenvalue weighted by molar-refractivity contribution is 0.0648. The number of rotatable bonds is 1. The van der Waals surface area contributed by atoms with Gasteiger partial charge in [0, 0.05) is 24.2 Å². The number of aryl methyl sites for hydroxylation is 2. The molecule has 0 spiro atoms. The minimum atomic E-state index is 0.161. The monoisotopic (exact) mass is 299 g/mol. The zero-order valence-electron chi connectivity index (χ0n) is 12.2. The average Bonchev–Trinajstić information content (AvgIpc) is 3.01. The topological polar surface area (TPSA) is 46.1 Å². The van der Waals surface area contributed by atoms with Gasteiger partial charge in [0.25, 0.3) is 5.91 Å². The van der Waals surface area contributed by atoms with Crippen molar-refractivity contribution in [3.8, 4) is 0 Å². The van der Waals surface area contributed by atoms with Crippen LogP contribution in [0.25, 0.3) is 0 Å². The molecule has 0 radical (unpaired) electrons. The second-order valence-corrected chi connectivity index (χ2v) is 6.83. The van der Waals surface area contributed by atoms with E-state index in [1.807, 2.05) is 31.5 Å². The van der Waals surface area contributed by atoms with E-state index < -0.39 is 0 Å². The van der Waals surface area contributed by atoms with Crippen LogP contribution in [0.4, 0.5) is 0 Å². The van der Waals surface area contributed by atoms with Crippen molar-refractivity contribution in [2.45, 2.75) is 45.2 Å². The number of amides is 1. The van der Waals surface area contributed by atoms with Crippen LogP contribution < -0.4 is 0 Å². The van der Waals surface area contributed by atoms with E-state index in [1.165, 1.54) is 0 Å². The van der Waals surface area contributed by atoms with Crippen LogP contribution in [0, 0.1) is 13.8 Å². The summed E-state index contributed by atoms with van der Waals surface area (Å²) in [6.45, 7) is 3.94. The molecule has 2 aromatic heterocycles. The fourth-order valence-corrected chi connectivity index (χ4v) is 4.46. The summed E-state index contributed by atoms with van der Waals surface area (Å²) in [5.41, 5.74) is 3.37. The molecule has 2 aliphatic rings. The number of nitrogens with zero attached hydrogens (tertiary/aromatic N) is 3. The Morgan fingerprint density at radius 3 is 3.00 bits per heavy atom. The maximum absolute atomic E-state index is 12.9. The van der Waals surface area contributed by atoms with Crippen LogP contribution >= 0.6 is 11.3 Å². The number of aromatic nitrogens is 2. The summed E-state index contributed by atoms with van der Waals surface area (Å²) in [5.74, 6) is 1.00. The van der Waals surface area contributed by atoms with Crippen LogP contribution in [0.15, 0.2) is 17.6 Å². The highest BCUT2D eigenvalue weighted by atomic mass is 32.1. The van der Waals surface area contributed by atoms with Gasteiger partial charge in [-0.1, -0.05) is 0 Å². The molecule has 108 valence electrons. The fraction of sp³-hybridized carbons (Fsp3) is 0.438. The summed E-state index contributed by atoms with van der Waals surface area (Å²) in [6, 6.07) is 2.48. The summed E-state index contributed by atoms with van der Waals surface area (Å²) in [4.78, 5) is 24.8. The van der Waals surface area contributed by atoms with E-state index in [2.05, 4.69) is 14.9 Å². The van der Waals surface area contributed by atoms with E-state index in [-0.39, 0.29) is 11.9 Å². The van der Waals surface area contributed by atoms with Crippen LogP contribution in [-0.4, -0.2) is 26.8 Å². The molecule has 2 atom stereocenters. The third-order valence-corrected chi connectivity index (χ3v) is 5.61. The van der Waals surface area contributed by atoms with Gasteiger partial charge in [0.1, 0.15) is 5.82 Å². The Hall–Kier alpha value is -1.75. The Bertz CT molecular complexity index is 724. The molecule has 4 nitrogen and oxygen atoms in total. The lowest BCUT2D eigenvalue weighted by Gasteiger charge is -2.35. The molecule has 1 fully saturated rings. The summed E-state index contributed by atoms with van der Waals surface area (Å²) in [6.07, 6.45) is 4.88. The molecule has 0 aliphatic carbocycles. The van der Waals surface area contributed by atoms with Crippen LogP contribution in [0.3, 0.4) is 0 Å². The average molecular weight is 299 g/mol. The number of hydrogen-bond acceptors (Lipinski definition) is 4. The molecule has 0 unspecified atom stereocenters. The molecular formula is C16H17N3OS. The van der Waals surface area contributed by atoms with E-state index in [0.717, 1.165) is 46.8 Å².